The molecular weight excluding hydrogens is 336 g/mol. The van der Waals surface area contributed by atoms with E-state index in [0.717, 1.165) is 6.54 Å². The van der Waals surface area contributed by atoms with E-state index in [2.05, 4.69) is 9.98 Å². The number of fused-ring (bicyclic) bond motifs is 1. The summed E-state index contributed by atoms with van der Waals surface area (Å²) in [7, 11) is 1.87. The van der Waals surface area contributed by atoms with Crippen LogP contribution < -0.4 is 4.74 Å². The Bertz CT molecular complexity index is 783. The molecule has 0 radical (unpaired) electrons. The van der Waals surface area contributed by atoms with Gasteiger partial charge < -0.3 is 9.64 Å². The minimum absolute atomic E-state index is 0.0121. The maximum atomic E-state index is 13.6. The number of aromatic nitrogens is 1. The van der Waals surface area contributed by atoms with Crippen molar-refractivity contribution in [2.45, 2.75) is 39.2 Å². The molecule has 26 heavy (non-hydrogen) atoms. The number of nitrogens with zero attached hydrogens (tertiary/aromatic N) is 3. The largest absolute Gasteiger partial charge is 0.473 e. The summed E-state index contributed by atoms with van der Waals surface area (Å²) in [6.07, 6.45) is 0.201. The molecular formula is C20H23F2N3O. The summed E-state index contributed by atoms with van der Waals surface area (Å²) >= 11 is 0. The van der Waals surface area contributed by atoms with Gasteiger partial charge in [-0.3, -0.25) is 0 Å². The Morgan fingerprint density at radius 1 is 1.31 bits per heavy atom. The minimum atomic E-state index is -2.67. The number of aliphatic imine (C=N–C) groups is 1. The van der Waals surface area contributed by atoms with Crippen molar-refractivity contribution in [3.05, 3.63) is 52.7 Å². The molecule has 1 aromatic heterocycles. The summed E-state index contributed by atoms with van der Waals surface area (Å²) in [5.74, 6) is 0.0121. The van der Waals surface area contributed by atoms with Gasteiger partial charge in [0.25, 0.3) is 6.43 Å². The second-order valence-corrected chi connectivity index (χ2v) is 6.52. The molecule has 0 spiro atoms. The molecule has 3 rings (SSSR count). The van der Waals surface area contributed by atoms with Crippen LogP contribution in [0.1, 0.15) is 35.7 Å². The van der Waals surface area contributed by atoms with Crippen LogP contribution >= 0.6 is 0 Å². The first-order valence-corrected chi connectivity index (χ1v) is 8.75. The lowest BCUT2D eigenvalue weighted by atomic mass is 10.1. The van der Waals surface area contributed by atoms with E-state index in [1.54, 1.807) is 13.3 Å². The zero-order valence-corrected chi connectivity index (χ0v) is 15.2. The van der Waals surface area contributed by atoms with Crippen LogP contribution in [0.15, 0.2) is 35.3 Å². The first-order chi connectivity index (χ1) is 12.5. The highest BCUT2D eigenvalue weighted by Crippen LogP contribution is 2.34. The highest BCUT2D eigenvalue weighted by Gasteiger charge is 2.26. The van der Waals surface area contributed by atoms with Crippen molar-refractivity contribution < 1.29 is 13.5 Å². The Balaban J connectivity index is 1.83. The Morgan fingerprint density at radius 3 is 2.54 bits per heavy atom. The Labute approximate surface area is 152 Å². The molecule has 0 saturated carbocycles. The van der Waals surface area contributed by atoms with E-state index in [0.29, 0.717) is 24.2 Å². The molecule has 1 aliphatic carbocycles. The van der Waals surface area contributed by atoms with Crippen LogP contribution in [0.3, 0.4) is 0 Å². The molecule has 1 aliphatic rings. The van der Waals surface area contributed by atoms with Crippen LogP contribution in [0.25, 0.3) is 0 Å². The number of aryl methyl sites for hydroxylation is 1. The lowest BCUT2D eigenvalue weighted by Crippen LogP contribution is -2.18. The van der Waals surface area contributed by atoms with Crippen molar-refractivity contribution in [3.8, 4) is 5.88 Å². The minimum Gasteiger partial charge on any atom is -0.473 e. The molecule has 1 heterocycles. The average Bonchev–Trinajstić information content (AvgIpc) is 3.02. The van der Waals surface area contributed by atoms with Gasteiger partial charge in [0.2, 0.25) is 5.88 Å². The highest BCUT2D eigenvalue weighted by molar-refractivity contribution is 5.63. The van der Waals surface area contributed by atoms with Gasteiger partial charge in [0, 0.05) is 26.4 Å². The summed E-state index contributed by atoms with van der Waals surface area (Å²) in [5.41, 5.74) is 3.20. The first kappa shape index (κ1) is 18.3. The predicted molar refractivity (Wildman–Crippen MR) is 98.7 cm³/mol. The van der Waals surface area contributed by atoms with E-state index in [-0.39, 0.29) is 17.5 Å². The van der Waals surface area contributed by atoms with Gasteiger partial charge in [0.1, 0.15) is 6.10 Å². The summed E-state index contributed by atoms with van der Waals surface area (Å²) in [5, 5.41) is 0. The van der Waals surface area contributed by atoms with E-state index >= 15 is 0 Å². The SMILES string of the molecule is CCN(C)/C=N/c1cc(C(F)F)c(OC2Cc3ccccc3C2)nc1C. The van der Waals surface area contributed by atoms with E-state index < -0.39 is 6.43 Å². The number of halogens is 2. The Hall–Kier alpha value is -2.50. The van der Waals surface area contributed by atoms with Crippen molar-refractivity contribution >= 4 is 12.0 Å². The van der Waals surface area contributed by atoms with Crippen molar-refractivity contribution in [2.75, 3.05) is 13.6 Å². The molecule has 0 amide bonds. The van der Waals surface area contributed by atoms with E-state index in [9.17, 15) is 8.78 Å². The normalized spacial score (nSPS) is 14.2. The quantitative estimate of drug-likeness (QED) is 0.563. The summed E-state index contributed by atoms with van der Waals surface area (Å²) < 4.78 is 33.0. The molecule has 0 aliphatic heterocycles. The molecule has 0 bridgehead atoms. The second kappa shape index (κ2) is 7.81. The predicted octanol–water partition coefficient (Wildman–Crippen LogP) is 4.49. The maximum Gasteiger partial charge on any atom is 0.269 e. The van der Waals surface area contributed by atoms with Crippen LogP contribution in [-0.4, -0.2) is 35.9 Å². The molecule has 0 saturated heterocycles. The fourth-order valence-corrected chi connectivity index (χ4v) is 2.97. The molecule has 1 aromatic carbocycles. The van der Waals surface area contributed by atoms with E-state index in [1.807, 2.05) is 43.1 Å². The van der Waals surface area contributed by atoms with Gasteiger partial charge in [-0.1, -0.05) is 24.3 Å². The number of hydrogen-bond acceptors (Lipinski definition) is 3. The monoisotopic (exact) mass is 359 g/mol. The molecule has 6 heteroatoms. The van der Waals surface area contributed by atoms with Crippen LogP contribution in [0, 0.1) is 6.92 Å². The van der Waals surface area contributed by atoms with Crippen molar-refractivity contribution in [1.29, 1.82) is 0 Å². The maximum absolute atomic E-state index is 13.6. The van der Waals surface area contributed by atoms with Gasteiger partial charge in [-0.25, -0.2) is 18.8 Å². The van der Waals surface area contributed by atoms with Crippen molar-refractivity contribution in [3.63, 3.8) is 0 Å². The average molecular weight is 359 g/mol. The Morgan fingerprint density at radius 2 is 1.96 bits per heavy atom. The number of alkyl halides is 2. The van der Waals surface area contributed by atoms with E-state index in [1.165, 1.54) is 17.2 Å². The molecule has 0 N–H and O–H groups in total. The lowest BCUT2D eigenvalue weighted by molar-refractivity contribution is 0.135. The fraction of sp³-hybridized carbons (Fsp3) is 0.400. The highest BCUT2D eigenvalue weighted by atomic mass is 19.3. The van der Waals surface area contributed by atoms with Gasteiger partial charge >= 0.3 is 0 Å². The van der Waals surface area contributed by atoms with Crippen LogP contribution in [0.2, 0.25) is 0 Å². The topological polar surface area (TPSA) is 37.7 Å². The van der Waals surface area contributed by atoms with E-state index in [4.69, 9.17) is 4.74 Å². The van der Waals surface area contributed by atoms with Gasteiger partial charge in [-0.2, -0.15) is 0 Å². The molecule has 0 unspecified atom stereocenters. The molecule has 138 valence electrons. The summed E-state index contributed by atoms with van der Waals surface area (Å²) in [6, 6.07) is 9.44. The number of ether oxygens (including phenoxy) is 1. The molecule has 0 fully saturated rings. The molecule has 0 atom stereocenters. The number of rotatable bonds is 6. The van der Waals surface area contributed by atoms with Gasteiger partial charge in [-0.05, 0) is 31.0 Å². The molecule has 2 aromatic rings. The molecule has 4 nitrogen and oxygen atoms in total. The zero-order valence-electron chi connectivity index (χ0n) is 15.2. The van der Waals surface area contributed by atoms with Crippen molar-refractivity contribution in [1.82, 2.24) is 9.88 Å². The summed E-state index contributed by atoms with van der Waals surface area (Å²) in [6.45, 7) is 4.52. The standard InChI is InChI=1S/C20H23F2N3O/c1-4-25(3)12-23-18-11-17(19(21)22)20(24-13(18)2)26-16-9-14-7-5-6-8-15(14)10-16/h5-8,11-12,16,19H,4,9-10H2,1-3H3/b23-12+. The van der Waals surface area contributed by atoms with Gasteiger partial charge in [-0.15, -0.1) is 0 Å². The smallest absolute Gasteiger partial charge is 0.269 e. The third-order valence-electron chi connectivity index (χ3n) is 4.60. The van der Waals surface area contributed by atoms with Crippen LogP contribution in [0.4, 0.5) is 14.5 Å². The van der Waals surface area contributed by atoms with Crippen LogP contribution in [-0.2, 0) is 12.8 Å². The lowest BCUT2D eigenvalue weighted by Gasteiger charge is -2.17. The summed E-state index contributed by atoms with van der Waals surface area (Å²) in [4.78, 5) is 10.4. The number of pyridine rings is 1. The first-order valence-electron chi connectivity index (χ1n) is 8.75. The Kier molecular flexibility index (Phi) is 5.49. The number of benzene rings is 1. The van der Waals surface area contributed by atoms with Crippen molar-refractivity contribution in [2.24, 2.45) is 4.99 Å². The second-order valence-electron chi connectivity index (χ2n) is 6.52. The fourth-order valence-electron chi connectivity index (χ4n) is 2.97. The van der Waals surface area contributed by atoms with Gasteiger partial charge in [0.15, 0.2) is 0 Å². The van der Waals surface area contributed by atoms with Crippen LogP contribution in [0.5, 0.6) is 5.88 Å². The third kappa shape index (κ3) is 4.00. The van der Waals surface area contributed by atoms with Gasteiger partial charge in [0.05, 0.1) is 23.3 Å². The third-order valence-corrected chi connectivity index (χ3v) is 4.60. The zero-order chi connectivity index (χ0) is 18.7. The number of hydrogen-bond donors (Lipinski definition) is 0.